The first-order valence-corrected chi connectivity index (χ1v) is 8.01. The van der Waals surface area contributed by atoms with Crippen LogP contribution in [0.1, 0.15) is 43.0 Å². The minimum Gasteiger partial charge on any atom is -0.480 e. The lowest BCUT2D eigenvalue weighted by Gasteiger charge is -2.23. The number of carboxylic acid groups (broad SMARTS) is 1. The van der Waals surface area contributed by atoms with Crippen molar-refractivity contribution in [3.05, 3.63) is 35.9 Å². The van der Waals surface area contributed by atoms with Crippen LogP contribution in [0.25, 0.3) is 0 Å². The standard InChI is InChI=1S/C18H21NO5/c1-12(20)14(10-16(21)13-6-3-2-4-7-13)11-17(22)19-9-5-8-15(19)18(23)24/h2-4,6-7,14-15H,5,8-11H2,1H3,(H,23,24)/t14?,15-/m0/s1. The van der Waals surface area contributed by atoms with Gasteiger partial charge in [-0.25, -0.2) is 4.79 Å². The molecular weight excluding hydrogens is 310 g/mol. The number of nitrogens with zero attached hydrogens (tertiary/aromatic N) is 1. The first-order valence-electron chi connectivity index (χ1n) is 8.01. The molecule has 6 nitrogen and oxygen atoms in total. The predicted octanol–water partition coefficient (Wildman–Crippen LogP) is 1.93. The Morgan fingerprint density at radius 3 is 2.42 bits per heavy atom. The van der Waals surface area contributed by atoms with Crippen molar-refractivity contribution >= 4 is 23.4 Å². The average molecular weight is 331 g/mol. The highest BCUT2D eigenvalue weighted by Crippen LogP contribution is 2.22. The topological polar surface area (TPSA) is 91.8 Å². The van der Waals surface area contributed by atoms with Crippen LogP contribution >= 0.6 is 0 Å². The van der Waals surface area contributed by atoms with E-state index in [2.05, 4.69) is 0 Å². The highest BCUT2D eigenvalue weighted by Gasteiger charge is 2.35. The number of rotatable bonds is 7. The number of amides is 1. The molecule has 2 rings (SSSR count). The van der Waals surface area contributed by atoms with Crippen molar-refractivity contribution in [3.8, 4) is 0 Å². The van der Waals surface area contributed by atoms with Gasteiger partial charge in [0.25, 0.3) is 0 Å². The Morgan fingerprint density at radius 1 is 1.17 bits per heavy atom. The normalized spacial score (nSPS) is 18.2. The summed E-state index contributed by atoms with van der Waals surface area (Å²) in [6, 6.07) is 7.79. The number of aliphatic carboxylic acids is 1. The van der Waals surface area contributed by atoms with Crippen molar-refractivity contribution < 1.29 is 24.3 Å². The van der Waals surface area contributed by atoms with Gasteiger partial charge in [-0.1, -0.05) is 30.3 Å². The Morgan fingerprint density at radius 2 is 1.83 bits per heavy atom. The van der Waals surface area contributed by atoms with Crippen molar-refractivity contribution in [2.45, 2.75) is 38.6 Å². The molecular formula is C18H21NO5. The van der Waals surface area contributed by atoms with Crippen LogP contribution < -0.4 is 0 Å². The van der Waals surface area contributed by atoms with E-state index in [1.165, 1.54) is 11.8 Å². The Labute approximate surface area is 140 Å². The quantitative estimate of drug-likeness (QED) is 0.771. The lowest BCUT2D eigenvalue weighted by molar-refractivity contribution is -0.148. The van der Waals surface area contributed by atoms with E-state index in [1.807, 2.05) is 0 Å². The molecule has 6 heteroatoms. The molecule has 1 aromatic carbocycles. The lowest BCUT2D eigenvalue weighted by Crippen LogP contribution is -2.41. The van der Waals surface area contributed by atoms with Crippen LogP contribution in [0.2, 0.25) is 0 Å². The van der Waals surface area contributed by atoms with E-state index in [0.717, 1.165) is 0 Å². The van der Waals surface area contributed by atoms with Crippen molar-refractivity contribution in [1.82, 2.24) is 4.90 Å². The molecule has 1 aliphatic heterocycles. The fraction of sp³-hybridized carbons (Fsp3) is 0.444. The molecule has 128 valence electrons. The van der Waals surface area contributed by atoms with Crippen molar-refractivity contribution in [2.24, 2.45) is 5.92 Å². The van der Waals surface area contributed by atoms with Gasteiger partial charge in [0.05, 0.1) is 0 Å². The summed E-state index contributed by atoms with van der Waals surface area (Å²) in [4.78, 5) is 49.0. The Hall–Kier alpha value is -2.50. The van der Waals surface area contributed by atoms with E-state index in [0.29, 0.717) is 24.9 Å². The maximum absolute atomic E-state index is 12.4. The van der Waals surface area contributed by atoms with Gasteiger partial charge in [0.1, 0.15) is 11.8 Å². The van der Waals surface area contributed by atoms with Crippen molar-refractivity contribution in [2.75, 3.05) is 6.54 Å². The number of hydrogen-bond donors (Lipinski definition) is 1. The van der Waals surface area contributed by atoms with Crippen LogP contribution in [0, 0.1) is 5.92 Å². The van der Waals surface area contributed by atoms with Crippen LogP contribution in [0.5, 0.6) is 0 Å². The van der Waals surface area contributed by atoms with Crippen LogP contribution in [-0.2, 0) is 14.4 Å². The molecule has 1 unspecified atom stereocenters. The highest BCUT2D eigenvalue weighted by atomic mass is 16.4. The number of carboxylic acids is 1. The fourth-order valence-electron chi connectivity index (χ4n) is 2.98. The summed E-state index contributed by atoms with van der Waals surface area (Å²) in [6.45, 7) is 1.74. The molecule has 0 saturated carbocycles. The molecule has 0 bridgehead atoms. The SMILES string of the molecule is CC(=O)C(CC(=O)c1ccccc1)CC(=O)N1CCC[C@H]1C(=O)O. The van der Waals surface area contributed by atoms with Gasteiger partial charge in [0.15, 0.2) is 5.78 Å². The van der Waals surface area contributed by atoms with Gasteiger partial charge >= 0.3 is 5.97 Å². The molecule has 1 aromatic rings. The Balaban J connectivity index is 2.03. The fourth-order valence-corrected chi connectivity index (χ4v) is 2.98. The summed E-state index contributed by atoms with van der Waals surface area (Å²) >= 11 is 0. The van der Waals surface area contributed by atoms with Gasteiger partial charge in [0.2, 0.25) is 5.91 Å². The number of benzene rings is 1. The average Bonchev–Trinajstić information content (AvgIpc) is 3.04. The molecule has 0 radical (unpaired) electrons. The first-order chi connectivity index (χ1) is 11.4. The number of Topliss-reactive ketones (excluding diaryl/α,β-unsaturated/α-hetero) is 2. The molecule has 1 saturated heterocycles. The third-order valence-electron chi connectivity index (χ3n) is 4.38. The van der Waals surface area contributed by atoms with E-state index in [4.69, 9.17) is 5.11 Å². The van der Waals surface area contributed by atoms with Gasteiger partial charge in [-0.05, 0) is 19.8 Å². The number of carbonyl (C=O) groups is 4. The highest BCUT2D eigenvalue weighted by molar-refractivity contribution is 5.99. The third-order valence-corrected chi connectivity index (χ3v) is 4.38. The molecule has 1 N–H and O–H groups in total. The number of carbonyl (C=O) groups excluding carboxylic acids is 3. The van der Waals surface area contributed by atoms with E-state index in [-0.39, 0.29) is 30.3 Å². The summed E-state index contributed by atoms with van der Waals surface area (Å²) in [5, 5.41) is 9.16. The molecule has 1 aliphatic rings. The van der Waals surface area contributed by atoms with Crippen molar-refractivity contribution in [3.63, 3.8) is 0 Å². The summed E-state index contributed by atoms with van der Waals surface area (Å²) in [6.07, 6.45) is 0.888. The largest absolute Gasteiger partial charge is 0.480 e. The lowest BCUT2D eigenvalue weighted by atomic mass is 9.91. The van der Waals surface area contributed by atoms with Crippen molar-refractivity contribution in [1.29, 1.82) is 0 Å². The molecule has 24 heavy (non-hydrogen) atoms. The molecule has 0 aromatic heterocycles. The molecule has 1 amide bonds. The summed E-state index contributed by atoms with van der Waals surface area (Å²) < 4.78 is 0. The zero-order valence-electron chi connectivity index (χ0n) is 13.6. The molecule has 2 atom stereocenters. The molecule has 0 spiro atoms. The second-order valence-corrected chi connectivity index (χ2v) is 6.09. The predicted molar refractivity (Wildman–Crippen MR) is 86.5 cm³/mol. The van der Waals surface area contributed by atoms with Gasteiger partial charge in [-0.15, -0.1) is 0 Å². The Bertz CT molecular complexity index is 640. The molecule has 1 heterocycles. The number of hydrogen-bond acceptors (Lipinski definition) is 4. The molecule has 1 fully saturated rings. The maximum Gasteiger partial charge on any atom is 0.326 e. The van der Waals surface area contributed by atoms with Gasteiger partial charge in [-0.3, -0.25) is 14.4 Å². The molecule has 0 aliphatic carbocycles. The van der Waals surface area contributed by atoms with E-state index >= 15 is 0 Å². The minimum absolute atomic E-state index is 0.0450. The minimum atomic E-state index is -1.03. The second-order valence-electron chi connectivity index (χ2n) is 6.09. The van der Waals surface area contributed by atoms with Crippen LogP contribution in [0.15, 0.2) is 30.3 Å². The zero-order chi connectivity index (χ0) is 17.7. The van der Waals surface area contributed by atoms with Gasteiger partial charge < -0.3 is 10.0 Å². The van der Waals surface area contributed by atoms with Crippen LogP contribution in [-0.4, -0.2) is 46.0 Å². The smallest absolute Gasteiger partial charge is 0.326 e. The monoisotopic (exact) mass is 331 g/mol. The summed E-state index contributed by atoms with van der Waals surface area (Å²) in [7, 11) is 0. The maximum atomic E-state index is 12.4. The van der Waals surface area contributed by atoms with Gasteiger partial charge in [-0.2, -0.15) is 0 Å². The van der Waals surface area contributed by atoms with Crippen LogP contribution in [0.4, 0.5) is 0 Å². The summed E-state index contributed by atoms with van der Waals surface area (Å²) in [5.74, 6) is -2.56. The first kappa shape index (κ1) is 17.8. The van der Waals surface area contributed by atoms with Crippen LogP contribution in [0.3, 0.4) is 0 Å². The zero-order valence-corrected chi connectivity index (χ0v) is 13.6. The summed E-state index contributed by atoms with van der Waals surface area (Å²) in [5.41, 5.74) is 0.501. The number of likely N-dealkylation sites (tertiary alicyclic amines) is 1. The van der Waals surface area contributed by atoms with E-state index < -0.39 is 17.9 Å². The second kappa shape index (κ2) is 7.86. The third kappa shape index (κ3) is 4.28. The van der Waals surface area contributed by atoms with E-state index in [9.17, 15) is 19.2 Å². The number of ketones is 2. The van der Waals surface area contributed by atoms with E-state index in [1.54, 1.807) is 30.3 Å². The Kier molecular flexibility index (Phi) is 5.84. The van der Waals surface area contributed by atoms with Gasteiger partial charge in [0, 0.05) is 30.9 Å².